The highest BCUT2D eigenvalue weighted by molar-refractivity contribution is 7.17. The number of aromatic nitrogens is 2. The van der Waals surface area contributed by atoms with Crippen molar-refractivity contribution in [3.05, 3.63) is 94.4 Å². The third kappa shape index (κ3) is 5.25. The number of carbonyl (C=O) groups excluding carboxylic acids is 1. The van der Waals surface area contributed by atoms with E-state index in [1.807, 2.05) is 36.9 Å². The second-order valence-electron chi connectivity index (χ2n) is 9.67. The van der Waals surface area contributed by atoms with Crippen molar-refractivity contribution in [1.82, 2.24) is 15.0 Å². The van der Waals surface area contributed by atoms with Crippen LogP contribution in [0, 0.1) is 13.8 Å². The van der Waals surface area contributed by atoms with E-state index >= 15 is 0 Å². The second kappa shape index (κ2) is 10.9. The fraction of sp³-hybridized carbons (Fsp3) is 0.258. The molecule has 0 unspecified atom stereocenters. The fourth-order valence-electron chi connectivity index (χ4n) is 4.99. The molecule has 0 N–H and O–H groups in total. The zero-order chi connectivity index (χ0) is 26.8. The Bertz CT molecular complexity index is 1610. The molecule has 0 saturated carbocycles. The predicted molar refractivity (Wildman–Crippen MR) is 151 cm³/mol. The number of carbonyl (C=O) groups is 1. The maximum Gasteiger partial charge on any atom is 0.227 e. The summed E-state index contributed by atoms with van der Waals surface area (Å²) in [5.74, 6) is 2.09. The Balaban J connectivity index is 1.33. The summed E-state index contributed by atoms with van der Waals surface area (Å²) in [4.78, 5) is 19.7. The summed E-state index contributed by atoms with van der Waals surface area (Å²) in [6.07, 6.45) is 2.73. The van der Waals surface area contributed by atoms with Crippen molar-refractivity contribution in [3.8, 4) is 22.6 Å². The molecule has 0 aliphatic carbocycles. The van der Waals surface area contributed by atoms with Gasteiger partial charge in [-0.05, 0) is 55.1 Å². The number of hydrogen-bond acceptors (Lipinski definition) is 7. The lowest BCUT2D eigenvalue weighted by Gasteiger charge is -2.20. The van der Waals surface area contributed by atoms with Gasteiger partial charge in [0.05, 0.1) is 25.3 Å². The van der Waals surface area contributed by atoms with Crippen molar-refractivity contribution in [1.29, 1.82) is 0 Å². The SMILES string of the molecule is Cc1noc(C)c1CC(=O)N1CCOc2c(cc(-c3csc4ccccc34)cc2OCCc2ccccn2)C1. The van der Waals surface area contributed by atoms with E-state index in [-0.39, 0.29) is 12.3 Å². The van der Waals surface area contributed by atoms with Gasteiger partial charge in [-0.3, -0.25) is 9.78 Å². The van der Waals surface area contributed by atoms with E-state index in [0.717, 1.165) is 33.6 Å². The number of rotatable bonds is 7. The fourth-order valence-corrected chi connectivity index (χ4v) is 5.96. The molecular weight excluding hydrogens is 510 g/mol. The van der Waals surface area contributed by atoms with Crippen LogP contribution in [0.5, 0.6) is 11.5 Å². The number of nitrogens with zero attached hydrogens (tertiary/aromatic N) is 3. The lowest BCUT2D eigenvalue weighted by atomic mass is 10.0. The van der Waals surface area contributed by atoms with E-state index in [4.69, 9.17) is 14.0 Å². The summed E-state index contributed by atoms with van der Waals surface area (Å²) in [6.45, 7) is 5.49. The van der Waals surface area contributed by atoms with Gasteiger partial charge in [-0.1, -0.05) is 29.4 Å². The number of amides is 1. The van der Waals surface area contributed by atoms with Crippen LogP contribution in [-0.2, 0) is 24.2 Å². The molecule has 8 heteroatoms. The monoisotopic (exact) mass is 539 g/mol. The highest BCUT2D eigenvalue weighted by Crippen LogP contribution is 2.42. The van der Waals surface area contributed by atoms with E-state index in [1.165, 1.54) is 10.1 Å². The van der Waals surface area contributed by atoms with Crippen molar-refractivity contribution in [2.45, 2.75) is 33.2 Å². The van der Waals surface area contributed by atoms with Gasteiger partial charge in [0.1, 0.15) is 12.4 Å². The molecule has 1 aliphatic rings. The number of hydrogen-bond donors (Lipinski definition) is 0. The van der Waals surface area contributed by atoms with Gasteiger partial charge in [-0.25, -0.2) is 0 Å². The van der Waals surface area contributed by atoms with Gasteiger partial charge >= 0.3 is 0 Å². The molecule has 198 valence electrons. The molecule has 1 amide bonds. The molecule has 0 atom stereocenters. The maximum atomic E-state index is 13.4. The molecule has 0 fully saturated rings. The predicted octanol–water partition coefficient (Wildman–Crippen LogP) is 6.15. The maximum absolute atomic E-state index is 13.4. The van der Waals surface area contributed by atoms with Crippen LogP contribution < -0.4 is 9.47 Å². The first kappa shape index (κ1) is 25.1. The summed E-state index contributed by atoms with van der Waals surface area (Å²) in [5.41, 5.74) is 5.69. The minimum atomic E-state index is 0.0184. The zero-order valence-electron chi connectivity index (χ0n) is 22.0. The Morgan fingerprint density at radius 1 is 1.13 bits per heavy atom. The lowest BCUT2D eigenvalue weighted by molar-refractivity contribution is -0.131. The molecule has 4 heterocycles. The Hall–Kier alpha value is -4.17. The highest BCUT2D eigenvalue weighted by Gasteiger charge is 2.26. The van der Waals surface area contributed by atoms with Gasteiger partial charge in [0, 0.05) is 51.6 Å². The van der Waals surface area contributed by atoms with E-state index in [9.17, 15) is 4.79 Å². The molecule has 3 aromatic heterocycles. The molecule has 1 aliphatic heterocycles. The highest BCUT2D eigenvalue weighted by atomic mass is 32.1. The van der Waals surface area contributed by atoms with Gasteiger partial charge in [-0.15, -0.1) is 11.3 Å². The molecule has 0 radical (unpaired) electrons. The van der Waals surface area contributed by atoms with Crippen LogP contribution in [0.25, 0.3) is 21.2 Å². The molecule has 5 aromatic rings. The van der Waals surface area contributed by atoms with E-state index in [1.54, 1.807) is 17.5 Å². The van der Waals surface area contributed by atoms with Crippen molar-refractivity contribution in [2.75, 3.05) is 19.8 Å². The lowest BCUT2D eigenvalue weighted by Crippen LogP contribution is -2.33. The van der Waals surface area contributed by atoms with Gasteiger partial charge < -0.3 is 18.9 Å². The van der Waals surface area contributed by atoms with Gasteiger partial charge in [0.2, 0.25) is 5.91 Å². The first-order valence-electron chi connectivity index (χ1n) is 13.1. The molecule has 0 saturated heterocycles. The van der Waals surface area contributed by atoms with Gasteiger partial charge in [0.25, 0.3) is 0 Å². The van der Waals surface area contributed by atoms with Crippen molar-refractivity contribution >= 4 is 27.3 Å². The Morgan fingerprint density at radius 2 is 2.00 bits per heavy atom. The quantitative estimate of drug-likeness (QED) is 0.247. The van der Waals surface area contributed by atoms with Crippen molar-refractivity contribution in [3.63, 3.8) is 0 Å². The number of thiophene rings is 1. The zero-order valence-corrected chi connectivity index (χ0v) is 22.8. The third-order valence-electron chi connectivity index (χ3n) is 7.10. The Kier molecular flexibility index (Phi) is 7.02. The topological polar surface area (TPSA) is 77.7 Å². The van der Waals surface area contributed by atoms with Crippen LogP contribution in [0.3, 0.4) is 0 Å². The number of pyridine rings is 1. The average Bonchev–Trinajstić information content (AvgIpc) is 3.44. The standard InChI is InChI=1S/C31H29N3O4S/c1-20-26(21(2)38-33-20)17-30(35)34-12-14-37-31-23(18-34)15-22(27-19-39-29-9-4-3-8-25(27)29)16-28(31)36-13-10-24-7-5-6-11-32-24/h3-9,11,15-16,19H,10,12-14,17-18H2,1-2H3. The van der Waals surface area contributed by atoms with E-state index < -0.39 is 0 Å². The second-order valence-corrected chi connectivity index (χ2v) is 10.6. The van der Waals surface area contributed by atoms with Crippen LogP contribution in [0.4, 0.5) is 0 Å². The summed E-state index contributed by atoms with van der Waals surface area (Å²) < 4.78 is 19.1. The van der Waals surface area contributed by atoms with Crippen LogP contribution in [0.15, 0.2) is 70.7 Å². The molecule has 2 aromatic carbocycles. The number of ether oxygens (including phenoxy) is 2. The van der Waals surface area contributed by atoms with E-state index in [0.29, 0.717) is 50.0 Å². The van der Waals surface area contributed by atoms with Crippen LogP contribution in [0.2, 0.25) is 0 Å². The Labute approximate surface area is 231 Å². The molecular formula is C31H29N3O4S. The van der Waals surface area contributed by atoms with Crippen molar-refractivity contribution in [2.24, 2.45) is 0 Å². The molecule has 0 spiro atoms. The summed E-state index contributed by atoms with van der Waals surface area (Å²) >= 11 is 1.72. The van der Waals surface area contributed by atoms with Gasteiger partial charge in [0.15, 0.2) is 11.5 Å². The number of fused-ring (bicyclic) bond motifs is 2. The van der Waals surface area contributed by atoms with Gasteiger partial charge in [-0.2, -0.15) is 0 Å². The molecule has 7 nitrogen and oxygen atoms in total. The minimum absolute atomic E-state index is 0.0184. The van der Waals surface area contributed by atoms with Crippen LogP contribution in [0.1, 0.15) is 28.3 Å². The first-order valence-corrected chi connectivity index (χ1v) is 13.9. The number of aryl methyl sites for hydroxylation is 2. The summed E-state index contributed by atoms with van der Waals surface area (Å²) in [6, 6.07) is 18.5. The molecule has 39 heavy (non-hydrogen) atoms. The summed E-state index contributed by atoms with van der Waals surface area (Å²) in [5, 5.41) is 7.38. The smallest absolute Gasteiger partial charge is 0.227 e. The minimum Gasteiger partial charge on any atom is -0.489 e. The summed E-state index contributed by atoms with van der Waals surface area (Å²) in [7, 11) is 0. The molecule has 6 rings (SSSR count). The van der Waals surface area contributed by atoms with E-state index in [2.05, 4.69) is 51.9 Å². The Morgan fingerprint density at radius 3 is 2.82 bits per heavy atom. The normalized spacial score (nSPS) is 13.1. The molecule has 0 bridgehead atoms. The number of benzene rings is 2. The third-order valence-corrected chi connectivity index (χ3v) is 8.06. The van der Waals surface area contributed by atoms with Crippen LogP contribution in [-0.4, -0.2) is 40.7 Å². The van der Waals surface area contributed by atoms with Crippen molar-refractivity contribution < 1.29 is 18.8 Å². The average molecular weight is 540 g/mol. The first-order chi connectivity index (χ1) is 19.1. The van der Waals surface area contributed by atoms with Crippen LogP contribution >= 0.6 is 11.3 Å². The largest absolute Gasteiger partial charge is 0.489 e.